The van der Waals surface area contributed by atoms with Crippen molar-refractivity contribution >= 4 is 33.2 Å². The van der Waals surface area contributed by atoms with Crippen LogP contribution in [0.2, 0.25) is 5.15 Å². The maximum atomic E-state index is 6.09. The first kappa shape index (κ1) is 13.1. The van der Waals surface area contributed by atoms with E-state index in [-0.39, 0.29) is 0 Å². The van der Waals surface area contributed by atoms with Gasteiger partial charge in [-0.2, -0.15) is 0 Å². The summed E-state index contributed by atoms with van der Waals surface area (Å²) in [5, 5.41) is 2.47. The average molecular weight is 307 g/mol. The van der Waals surface area contributed by atoms with Gasteiger partial charge in [0, 0.05) is 16.5 Å². The van der Waals surface area contributed by atoms with Crippen LogP contribution < -0.4 is 9.47 Å². The summed E-state index contributed by atoms with van der Waals surface area (Å²) in [4.78, 5) is 8.33. The number of fused-ring (bicyclic) bond motifs is 1. The number of aromatic nitrogens is 2. The van der Waals surface area contributed by atoms with Crippen molar-refractivity contribution in [3.05, 3.63) is 35.1 Å². The van der Waals surface area contributed by atoms with Gasteiger partial charge >= 0.3 is 0 Å². The van der Waals surface area contributed by atoms with E-state index >= 15 is 0 Å². The summed E-state index contributed by atoms with van der Waals surface area (Å²) in [7, 11) is 3.28. The van der Waals surface area contributed by atoms with E-state index in [4.69, 9.17) is 21.1 Å². The predicted octanol–water partition coefficient (Wildman–Crippen LogP) is 4.03. The second-order valence-corrected chi connectivity index (χ2v) is 5.30. The molecule has 0 N–H and O–H groups in total. The van der Waals surface area contributed by atoms with Crippen LogP contribution in [0.1, 0.15) is 0 Å². The minimum Gasteiger partial charge on any atom is -0.497 e. The fourth-order valence-corrected chi connectivity index (χ4v) is 3.20. The Morgan fingerprint density at radius 1 is 1.10 bits per heavy atom. The van der Waals surface area contributed by atoms with Gasteiger partial charge in [0.15, 0.2) is 0 Å². The summed E-state index contributed by atoms with van der Waals surface area (Å²) in [6, 6.07) is 5.66. The van der Waals surface area contributed by atoms with E-state index < -0.39 is 0 Å². The third-order valence-corrected chi connectivity index (χ3v) is 4.38. The third-order valence-electron chi connectivity index (χ3n) is 3.01. The average Bonchev–Trinajstić information content (AvgIpc) is 2.92. The SMILES string of the molecule is COc1ccc(OC)c(-c2csc3c(Cl)ncnc23)c1. The maximum absolute atomic E-state index is 6.09. The van der Waals surface area contributed by atoms with Crippen LogP contribution in [0.25, 0.3) is 21.3 Å². The van der Waals surface area contributed by atoms with Crippen molar-refractivity contribution in [2.45, 2.75) is 0 Å². The molecule has 0 aliphatic rings. The zero-order valence-electron chi connectivity index (χ0n) is 10.9. The van der Waals surface area contributed by atoms with E-state index in [1.807, 2.05) is 23.6 Å². The lowest BCUT2D eigenvalue weighted by Crippen LogP contribution is -1.90. The summed E-state index contributed by atoms with van der Waals surface area (Å²) in [6.07, 6.45) is 1.47. The Bertz CT molecular complexity index is 773. The van der Waals surface area contributed by atoms with Crippen LogP contribution >= 0.6 is 22.9 Å². The van der Waals surface area contributed by atoms with Gasteiger partial charge in [-0.25, -0.2) is 9.97 Å². The van der Waals surface area contributed by atoms with Gasteiger partial charge in [-0.05, 0) is 18.2 Å². The lowest BCUT2D eigenvalue weighted by Gasteiger charge is -2.09. The van der Waals surface area contributed by atoms with Crippen LogP contribution in [0.15, 0.2) is 29.9 Å². The molecular weight excluding hydrogens is 296 g/mol. The van der Waals surface area contributed by atoms with Crippen molar-refractivity contribution in [1.29, 1.82) is 0 Å². The molecule has 0 saturated heterocycles. The first-order chi connectivity index (χ1) is 9.74. The van der Waals surface area contributed by atoms with Crippen LogP contribution in [0.4, 0.5) is 0 Å². The summed E-state index contributed by atoms with van der Waals surface area (Å²) in [5.41, 5.74) is 2.71. The van der Waals surface area contributed by atoms with E-state index in [0.717, 1.165) is 32.8 Å². The Morgan fingerprint density at radius 2 is 1.95 bits per heavy atom. The summed E-state index contributed by atoms with van der Waals surface area (Å²) in [6.45, 7) is 0. The predicted molar refractivity (Wildman–Crippen MR) is 81.0 cm³/mol. The van der Waals surface area contributed by atoms with Crippen molar-refractivity contribution in [2.24, 2.45) is 0 Å². The lowest BCUT2D eigenvalue weighted by atomic mass is 10.1. The zero-order valence-corrected chi connectivity index (χ0v) is 12.5. The quantitative estimate of drug-likeness (QED) is 0.685. The molecule has 0 atom stereocenters. The molecular formula is C14H11ClN2O2S. The Kier molecular flexibility index (Phi) is 3.46. The molecule has 0 saturated carbocycles. The van der Waals surface area contributed by atoms with Crippen LogP contribution in [0.5, 0.6) is 11.5 Å². The molecule has 2 aromatic heterocycles. The molecule has 6 heteroatoms. The van der Waals surface area contributed by atoms with Crippen LogP contribution in [0.3, 0.4) is 0 Å². The van der Waals surface area contributed by atoms with Crippen LogP contribution in [-0.2, 0) is 0 Å². The molecule has 20 heavy (non-hydrogen) atoms. The maximum Gasteiger partial charge on any atom is 0.150 e. The van der Waals surface area contributed by atoms with Crippen LogP contribution in [0, 0.1) is 0 Å². The van der Waals surface area contributed by atoms with Crippen LogP contribution in [-0.4, -0.2) is 24.2 Å². The van der Waals surface area contributed by atoms with Gasteiger partial charge < -0.3 is 9.47 Å². The molecule has 0 spiro atoms. The normalized spacial score (nSPS) is 10.8. The Labute approximate surface area is 125 Å². The zero-order chi connectivity index (χ0) is 14.1. The van der Waals surface area contributed by atoms with Gasteiger partial charge in [-0.1, -0.05) is 11.6 Å². The number of benzene rings is 1. The van der Waals surface area contributed by atoms with Crippen molar-refractivity contribution in [2.75, 3.05) is 14.2 Å². The molecule has 3 rings (SSSR count). The summed E-state index contributed by atoms with van der Waals surface area (Å²) >= 11 is 7.61. The number of methoxy groups -OCH3 is 2. The highest BCUT2D eigenvalue weighted by atomic mass is 35.5. The fourth-order valence-electron chi connectivity index (χ4n) is 2.04. The van der Waals surface area contributed by atoms with Gasteiger partial charge in [0.25, 0.3) is 0 Å². The molecule has 0 radical (unpaired) electrons. The first-order valence-corrected chi connectivity index (χ1v) is 7.10. The summed E-state index contributed by atoms with van der Waals surface area (Å²) in [5.74, 6) is 1.53. The molecule has 0 bridgehead atoms. The number of ether oxygens (including phenoxy) is 2. The van der Waals surface area contributed by atoms with Gasteiger partial charge in [0.2, 0.25) is 0 Å². The van der Waals surface area contributed by atoms with Crippen molar-refractivity contribution in [3.8, 4) is 22.6 Å². The molecule has 102 valence electrons. The lowest BCUT2D eigenvalue weighted by molar-refractivity contribution is 0.404. The van der Waals surface area contributed by atoms with E-state index in [1.54, 1.807) is 14.2 Å². The second-order valence-electron chi connectivity index (χ2n) is 4.06. The Morgan fingerprint density at radius 3 is 2.70 bits per heavy atom. The number of thiophene rings is 1. The molecule has 4 nitrogen and oxygen atoms in total. The monoisotopic (exact) mass is 306 g/mol. The van der Waals surface area contributed by atoms with E-state index in [2.05, 4.69) is 9.97 Å². The molecule has 1 aromatic carbocycles. The van der Waals surface area contributed by atoms with E-state index in [9.17, 15) is 0 Å². The van der Waals surface area contributed by atoms with Gasteiger partial charge in [-0.3, -0.25) is 0 Å². The highest BCUT2D eigenvalue weighted by molar-refractivity contribution is 7.18. The Balaban J connectivity index is 2.27. The molecule has 0 aliphatic carbocycles. The standard InChI is InChI=1S/C14H11ClN2O2S/c1-18-8-3-4-11(19-2)9(5-8)10-6-20-13-12(10)16-7-17-14(13)15/h3-7H,1-2H3. The van der Waals surface area contributed by atoms with E-state index in [0.29, 0.717) is 5.15 Å². The topological polar surface area (TPSA) is 44.2 Å². The van der Waals surface area contributed by atoms with Crippen molar-refractivity contribution in [3.63, 3.8) is 0 Å². The van der Waals surface area contributed by atoms with Gasteiger partial charge in [-0.15, -0.1) is 11.3 Å². The highest BCUT2D eigenvalue weighted by Crippen LogP contribution is 2.40. The van der Waals surface area contributed by atoms with E-state index in [1.165, 1.54) is 17.7 Å². The molecule has 0 fully saturated rings. The molecule has 0 amide bonds. The number of nitrogens with zero attached hydrogens (tertiary/aromatic N) is 2. The molecule has 3 aromatic rings. The van der Waals surface area contributed by atoms with Crippen molar-refractivity contribution in [1.82, 2.24) is 9.97 Å². The minimum absolute atomic E-state index is 0.466. The third kappa shape index (κ3) is 2.09. The molecule has 0 aliphatic heterocycles. The van der Waals surface area contributed by atoms with Gasteiger partial charge in [0.05, 0.1) is 24.4 Å². The largest absolute Gasteiger partial charge is 0.497 e. The van der Waals surface area contributed by atoms with Crippen molar-refractivity contribution < 1.29 is 9.47 Å². The minimum atomic E-state index is 0.466. The fraction of sp³-hybridized carbons (Fsp3) is 0.143. The highest BCUT2D eigenvalue weighted by Gasteiger charge is 2.15. The number of rotatable bonds is 3. The number of hydrogen-bond acceptors (Lipinski definition) is 5. The summed E-state index contributed by atoms with van der Waals surface area (Å²) < 4.78 is 11.6. The van der Waals surface area contributed by atoms with Gasteiger partial charge in [0.1, 0.15) is 23.0 Å². The number of halogens is 1. The first-order valence-electron chi connectivity index (χ1n) is 5.84. The Hall–Kier alpha value is -1.85. The second kappa shape index (κ2) is 5.26. The number of hydrogen-bond donors (Lipinski definition) is 0. The molecule has 2 heterocycles. The smallest absolute Gasteiger partial charge is 0.150 e. The molecule has 0 unspecified atom stereocenters.